The van der Waals surface area contributed by atoms with Crippen LogP contribution in [0.25, 0.3) is 0 Å². The minimum atomic E-state index is -0.929. The molecule has 2 aliphatic heterocycles. The first-order valence-electron chi connectivity index (χ1n) is 9.14. The monoisotopic (exact) mass is 398 g/mol. The lowest BCUT2D eigenvalue weighted by Gasteiger charge is -2.31. The number of anilines is 1. The summed E-state index contributed by atoms with van der Waals surface area (Å²) in [5, 5.41) is 3.09. The maximum absolute atomic E-state index is 13.4. The molecule has 2 aliphatic rings. The molecule has 4 rings (SSSR count). The highest BCUT2D eigenvalue weighted by molar-refractivity contribution is 8.02. The Labute approximate surface area is 168 Å². The number of para-hydroxylation sites is 1. The van der Waals surface area contributed by atoms with Gasteiger partial charge in [0.2, 0.25) is 5.91 Å². The van der Waals surface area contributed by atoms with Gasteiger partial charge >= 0.3 is 0 Å². The van der Waals surface area contributed by atoms with Crippen LogP contribution < -0.4 is 19.7 Å². The van der Waals surface area contributed by atoms with Crippen molar-refractivity contribution < 1.29 is 19.1 Å². The lowest BCUT2D eigenvalue weighted by molar-refractivity contribution is -0.125. The second-order valence-corrected chi connectivity index (χ2v) is 8.21. The summed E-state index contributed by atoms with van der Waals surface area (Å²) in [6.45, 7) is 1.90. The molecule has 2 amide bonds. The van der Waals surface area contributed by atoms with Crippen molar-refractivity contribution in [3.63, 3.8) is 0 Å². The van der Waals surface area contributed by atoms with E-state index in [-0.39, 0.29) is 17.9 Å². The van der Waals surface area contributed by atoms with Gasteiger partial charge < -0.3 is 14.8 Å². The number of fused-ring (bicyclic) bond motifs is 3. The predicted octanol–water partition coefficient (Wildman–Crippen LogP) is 3.51. The maximum Gasteiger partial charge on any atom is 0.257 e. The van der Waals surface area contributed by atoms with Crippen LogP contribution in [0, 0.1) is 0 Å². The molecule has 2 heterocycles. The molecule has 0 bridgehead atoms. The number of amides is 2. The van der Waals surface area contributed by atoms with Gasteiger partial charge in [-0.2, -0.15) is 0 Å². The van der Waals surface area contributed by atoms with Crippen molar-refractivity contribution in [2.24, 2.45) is 0 Å². The summed E-state index contributed by atoms with van der Waals surface area (Å²) in [5.41, 5.74) is 1.64. The molecule has 0 aromatic heterocycles. The predicted molar refractivity (Wildman–Crippen MR) is 108 cm³/mol. The van der Waals surface area contributed by atoms with E-state index >= 15 is 0 Å². The maximum atomic E-state index is 13.4. The van der Waals surface area contributed by atoms with E-state index in [0.29, 0.717) is 24.3 Å². The van der Waals surface area contributed by atoms with Crippen molar-refractivity contribution in [1.82, 2.24) is 5.32 Å². The molecule has 0 aliphatic carbocycles. The molecule has 2 aromatic carbocycles. The number of carbonyl (C=O) groups excluding carboxylic acids is 2. The SMILES string of the molecule is COc1ccc(OC)c(C(C)NC(=O)C23CCC(=O)N2c2ccccc2S3)c1. The van der Waals surface area contributed by atoms with E-state index in [9.17, 15) is 9.59 Å². The van der Waals surface area contributed by atoms with Crippen molar-refractivity contribution in [1.29, 1.82) is 0 Å². The zero-order valence-corrected chi connectivity index (χ0v) is 16.8. The number of rotatable bonds is 5. The quantitative estimate of drug-likeness (QED) is 0.835. The Balaban J connectivity index is 1.63. The fourth-order valence-corrected chi connectivity index (χ4v) is 5.29. The van der Waals surface area contributed by atoms with Gasteiger partial charge in [-0.05, 0) is 43.7 Å². The number of hydrogen-bond acceptors (Lipinski definition) is 5. The highest BCUT2D eigenvalue weighted by atomic mass is 32.2. The lowest BCUT2D eigenvalue weighted by atomic mass is 10.1. The first kappa shape index (κ1) is 18.7. The van der Waals surface area contributed by atoms with Gasteiger partial charge in [0, 0.05) is 16.9 Å². The number of hydrogen-bond donors (Lipinski definition) is 1. The van der Waals surface area contributed by atoms with E-state index in [4.69, 9.17) is 9.47 Å². The van der Waals surface area contributed by atoms with Crippen LogP contribution in [0.3, 0.4) is 0 Å². The molecule has 6 nitrogen and oxygen atoms in total. The van der Waals surface area contributed by atoms with Crippen LogP contribution in [0.5, 0.6) is 11.5 Å². The molecule has 0 radical (unpaired) electrons. The first-order chi connectivity index (χ1) is 13.5. The lowest BCUT2D eigenvalue weighted by Crippen LogP contribution is -2.52. The standard InChI is InChI=1S/C21H22N2O4S/c1-13(15-12-14(26-2)8-9-17(15)27-3)22-20(25)21-11-10-19(24)23(21)16-6-4-5-7-18(16)28-21/h4-9,12-13H,10-11H2,1-3H3,(H,22,25). The molecule has 28 heavy (non-hydrogen) atoms. The number of nitrogens with one attached hydrogen (secondary N) is 1. The number of nitrogens with zero attached hydrogens (tertiary/aromatic N) is 1. The normalized spacial score (nSPS) is 21.1. The van der Waals surface area contributed by atoms with Crippen LogP contribution in [0.4, 0.5) is 5.69 Å². The summed E-state index contributed by atoms with van der Waals surface area (Å²) in [6.07, 6.45) is 0.852. The van der Waals surface area contributed by atoms with Gasteiger partial charge in [0.15, 0.2) is 4.87 Å². The van der Waals surface area contributed by atoms with Gasteiger partial charge in [0.1, 0.15) is 11.5 Å². The van der Waals surface area contributed by atoms with Crippen LogP contribution in [-0.4, -0.2) is 30.9 Å². The van der Waals surface area contributed by atoms with Crippen molar-refractivity contribution in [3.05, 3.63) is 48.0 Å². The molecular weight excluding hydrogens is 376 g/mol. The summed E-state index contributed by atoms with van der Waals surface area (Å²) in [7, 11) is 3.20. The zero-order chi connectivity index (χ0) is 19.9. The Kier molecular flexibility index (Phi) is 4.71. The molecule has 0 saturated carbocycles. The van der Waals surface area contributed by atoms with Gasteiger partial charge in [-0.3, -0.25) is 14.5 Å². The van der Waals surface area contributed by atoms with Crippen molar-refractivity contribution in [2.45, 2.75) is 35.6 Å². The molecule has 1 N–H and O–H groups in total. The van der Waals surface area contributed by atoms with Gasteiger partial charge in [0.05, 0.1) is 25.9 Å². The molecule has 0 spiro atoms. The largest absolute Gasteiger partial charge is 0.497 e. The second kappa shape index (κ2) is 7.05. The number of thioether (sulfide) groups is 1. The number of carbonyl (C=O) groups is 2. The Hall–Kier alpha value is -2.67. The van der Waals surface area contributed by atoms with E-state index in [1.54, 1.807) is 19.1 Å². The minimum Gasteiger partial charge on any atom is -0.497 e. The summed E-state index contributed by atoms with van der Waals surface area (Å²) < 4.78 is 10.8. The smallest absolute Gasteiger partial charge is 0.257 e. The Morgan fingerprint density at radius 1 is 1.21 bits per heavy atom. The van der Waals surface area contributed by atoms with Gasteiger partial charge in [-0.25, -0.2) is 0 Å². The van der Waals surface area contributed by atoms with Gasteiger partial charge in [-0.15, -0.1) is 0 Å². The van der Waals surface area contributed by atoms with E-state index < -0.39 is 4.87 Å². The van der Waals surface area contributed by atoms with Gasteiger partial charge in [0.25, 0.3) is 5.91 Å². The van der Waals surface area contributed by atoms with E-state index in [2.05, 4.69) is 5.32 Å². The molecule has 7 heteroatoms. The first-order valence-corrected chi connectivity index (χ1v) is 9.96. The molecule has 2 atom stereocenters. The van der Waals surface area contributed by atoms with Crippen molar-refractivity contribution in [3.8, 4) is 11.5 Å². The average molecular weight is 398 g/mol. The van der Waals surface area contributed by atoms with E-state index in [1.165, 1.54) is 11.8 Å². The summed E-state index contributed by atoms with van der Waals surface area (Å²) in [4.78, 5) is 27.7. The number of methoxy groups -OCH3 is 2. The topological polar surface area (TPSA) is 67.9 Å². The second-order valence-electron chi connectivity index (χ2n) is 6.89. The minimum absolute atomic E-state index is 0.0146. The highest BCUT2D eigenvalue weighted by Gasteiger charge is 2.57. The molecule has 2 unspecified atom stereocenters. The van der Waals surface area contributed by atoms with Crippen LogP contribution in [-0.2, 0) is 9.59 Å². The molecule has 146 valence electrons. The Morgan fingerprint density at radius 3 is 2.75 bits per heavy atom. The molecule has 2 aromatic rings. The number of benzene rings is 2. The third-order valence-electron chi connectivity index (χ3n) is 5.28. The van der Waals surface area contributed by atoms with Crippen molar-refractivity contribution in [2.75, 3.05) is 19.1 Å². The van der Waals surface area contributed by atoms with E-state index in [1.807, 2.05) is 49.4 Å². The summed E-state index contributed by atoms with van der Waals surface area (Å²) in [5.74, 6) is 1.18. The third-order valence-corrected chi connectivity index (χ3v) is 6.75. The average Bonchev–Trinajstić information content (AvgIpc) is 3.23. The van der Waals surface area contributed by atoms with Crippen LogP contribution >= 0.6 is 11.8 Å². The summed E-state index contributed by atoms with van der Waals surface area (Å²) >= 11 is 1.46. The molecular formula is C21H22N2O4S. The summed E-state index contributed by atoms with van der Waals surface area (Å²) in [6, 6.07) is 12.8. The van der Waals surface area contributed by atoms with Gasteiger partial charge in [-0.1, -0.05) is 23.9 Å². The van der Waals surface area contributed by atoms with Crippen LogP contribution in [0.15, 0.2) is 47.4 Å². The van der Waals surface area contributed by atoms with Crippen LogP contribution in [0.1, 0.15) is 31.4 Å². The zero-order valence-electron chi connectivity index (χ0n) is 16.0. The van der Waals surface area contributed by atoms with E-state index in [0.717, 1.165) is 16.1 Å². The number of ether oxygens (including phenoxy) is 2. The highest BCUT2D eigenvalue weighted by Crippen LogP contribution is 2.55. The van der Waals surface area contributed by atoms with Crippen molar-refractivity contribution >= 4 is 29.3 Å². The molecule has 1 fully saturated rings. The molecule has 1 saturated heterocycles. The Bertz CT molecular complexity index is 948. The third kappa shape index (κ3) is 2.81. The Morgan fingerprint density at radius 2 is 2.00 bits per heavy atom. The fraction of sp³-hybridized carbons (Fsp3) is 0.333. The fourth-order valence-electron chi connectivity index (χ4n) is 3.86. The van der Waals surface area contributed by atoms with Crippen LogP contribution in [0.2, 0.25) is 0 Å².